The first-order valence-electron chi connectivity index (χ1n) is 6.53. The molecule has 0 fully saturated rings. The number of aromatic nitrogens is 1. The Hall–Kier alpha value is -2.43. The maximum Gasteiger partial charge on any atom is 0.311 e. The molecular weight excluding hydrogens is 254 g/mol. The molecular formula is C15H17N3O2. The first-order chi connectivity index (χ1) is 9.61. The van der Waals surface area contributed by atoms with Crippen LogP contribution in [0.3, 0.4) is 0 Å². The standard InChI is InChI=1S/C15H17N3O2/c1-3-12-6-4-5-7-13(12)10-17-15-14(18(19)20)8-11(2)9-16-15/h4-9H,3,10H2,1-2H3,(H,16,17). The molecule has 0 radical (unpaired) electrons. The van der Waals surface area contributed by atoms with Gasteiger partial charge >= 0.3 is 5.69 Å². The molecule has 1 heterocycles. The first-order valence-corrected chi connectivity index (χ1v) is 6.53. The van der Waals surface area contributed by atoms with Crippen molar-refractivity contribution in [2.45, 2.75) is 26.8 Å². The van der Waals surface area contributed by atoms with Gasteiger partial charge in [-0.05, 0) is 30.0 Å². The van der Waals surface area contributed by atoms with Crippen molar-refractivity contribution in [3.05, 3.63) is 63.3 Å². The number of aryl methyl sites for hydroxylation is 2. The van der Waals surface area contributed by atoms with Crippen LogP contribution in [0.2, 0.25) is 0 Å². The number of hydrogen-bond acceptors (Lipinski definition) is 4. The largest absolute Gasteiger partial charge is 0.360 e. The molecule has 0 unspecified atom stereocenters. The highest BCUT2D eigenvalue weighted by atomic mass is 16.6. The summed E-state index contributed by atoms with van der Waals surface area (Å²) in [5.41, 5.74) is 3.15. The van der Waals surface area contributed by atoms with Crippen LogP contribution in [0.25, 0.3) is 0 Å². The molecule has 5 heteroatoms. The van der Waals surface area contributed by atoms with Gasteiger partial charge in [0.25, 0.3) is 0 Å². The second-order valence-corrected chi connectivity index (χ2v) is 4.61. The van der Waals surface area contributed by atoms with E-state index in [0.717, 1.165) is 17.5 Å². The van der Waals surface area contributed by atoms with Crippen molar-refractivity contribution in [2.24, 2.45) is 0 Å². The van der Waals surface area contributed by atoms with Gasteiger partial charge in [0.2, 0.25) is 5.82 Å². The number of nitrogens with zero attached hydrogens (tertiary/aromatic N) is 2. The topological polar surface area (TPSA) is 68.1 Å². The summed E-state index contributed by atoms with van der Waals surface area (Å²) in [5.74, 6) is 0.312. The third-order valence-corrected chi connectivity index (χ3v) is 3.15. The van der Waals surface area contributed by atoms with Crippen molar-refractivity contribution in [1.82, 2.24) is 4.98 Å². The third-order valence-electron chi connectivity index (χ3n) is 3.15. The van der Waals surface area contributed by atoms with Crippen LogP contribution in [0, 0.1) is 17.0 Å². The fraction of sp³-hybridized carbons (Fsp3) is 0.267. The summed E-state index contributed by atoms with van der Waals surface area (Å²) in [5, 5.41) is 14.1. The minimum absolute atomic E-state index is 0.0129. The first kappa shape index (κ1) is 14.0. The van der Waals surface area contributed by atoms with Crippen molar-refractivity contribution in [1.29, 1.82) is 0 Å². The summed E-state index contributed by atoms with van der Waals surface area (Å²) >= 11 is 0. The Labute approximate surface area is 117 Å². The maximum absolute atomic E-state index is 11.0. The number of anilines is 1. The van der Waals surface area contributed by atoms with E-state index in [4.69, 9.17) is 0 Å². The summed E-state index contributed by atoms with van der Waals surface area (Å²) in [6, 6.07) is 9.57. The normalized spacial score (nSPS) is 10.3. The molecule has 0 amide bonds. The second-order valence-electron chi connectivity index (χ2n) is 4.61. The van der Waals surface area contributed by atoms with E-state index in [-0.39, 0.29) is 5.69 Å². The molecule has 0 aliphatic rings. The molecule has 0 bridgehead atoms. The van der Waals surface area contributed by atoms with Crippen LogP contribution in [0.1, 0.15) is 23.6 Å². The van der Waals surface area contributed by atoms with E-state index in [0.29, 0.717) is 12.4 Å². The minimum atomic E-state index is -0.409. The fourth-order valence-corrected chi connectivity index (χ4v) is 2.08. The molecule has 104 valence electrons. The van der Waals surface area contributed by atoms with Gasteiger partial charge in [0.15, 0.2) is 0 Å². The van der Waals surface area contributed by atoms with Crippen molar-refractivity contribution >= 4 is 11.5 Å². The monoisotopic (exact) mass is 271 g/mol. The molecule has 0 atom stereocenters. The van der Waals surface area contributed by atoms with Crippen molar-refractivity contribution < 1.29 is 4.92 Å². The quantitative estimate of drug-likeness (QED) is 0.667. The molecule has 0 saturated heterocycles. The molecule has 0 aliphatic heterocycles. The van der Waals surface area contributed by atoms with Crippen molar-refractivity contribution in [3.8, 4) is 0 Å². The van der Waals surface area contributed by atoms with E-state index in [1.807, 2.05) is 18.2 Å². The fourth-order valence-electron chi connectivity index (χ4n) is 2.08. The lowest BCUT2D eigenvalue weighted by molar-refractivity contribution is -0.384. The Kier molecular flexibility index (Phi) is 4.30. The van der Waals surface area contributed by atoms with Gasteiger partial charge in [-0.15, -0.1) is 0 Å². The van der Waals surface area contributed by atoms with E-state index < -0.39 is 4.92 Å². The molecule has 2 rings (SSSR count). The average Bonchev–Trinajstić information content (AvgIpc) is 2.46. The number of benzene rings is 1. The van der Waals surface area contributed by atoms with Gasteiger partial charge in [0, 0.05) is 18.8 Å². The molecule has 0 spiro atoms. The van der Waals surface area contributed by atoms with Crippen LogP contribution in [-0.4, -0.2) is 9.91 Å². The maximum atomic E-state index is 11.0. The Bertz CT molecular complexity index is 626. The zero-order valence-corrected chi connectivity index (χ0v) is 11.6. The zero-order chi connectivity index (χ0) is 14.5. The molecule has 5 nitrogen and oxygen atoms in total. The lowest BCUT2D eigenvalue weighted by Gasteiger charge is -2.10. The third kappa shape index (κ3) is 3.12. The summed E-state index contributed by atoms with van der Waals surface area (Å²) in [6.07, 6.45) is 2.56. The summed E-state index contributed by atoms with van der Waals surface area (Å²) in [7, 11) is 0. The van der Waals surface area contributed by atoms with Gasteiger partial charge in [-0.1, -0.05) is 31.2 Å². The number of hydrogen-bond donors (Lipinski definition) is 1. The highest BCUT2D eigenvalue weighted by Gasteiger charge is 2.15. The van der Waals surface area contributed by atoms with Gasteiger partial charge in [-0.3, -0.25) is 10.1 Å². The number of rotatable bonds is 5. The van der Waals surface area contributed by atoms with Gasteiger partial charge in [0.1, 0.15) is 0 Å². The van der Waals surface area contributed by atoms with E-state index in [1.165, 1.54) is 11.6 Å². The van der Waals surface area contributed by atoms with E-state index in [1.54, 1.807) is 13.1 Å². The van der Waals surface area contributed by atoms with Crippen molar-refractivity contribution in [3.63, 3.8) is 0 Å². The Morgan fingerprint density at radius 3 is 2.65 bits per heavy atom. The smallest absolute Gasteiger partial charge is 0.311 e. The molecule has 0 aliphatic carbocycles. The van der Waals surface area contributed by atoms with E-state index in [2.05, 4.69) is 23.3 Å². The minimum Gasteiger partial charge on any atom is -0.360 e. The van der Waals surface area contributed by atoms with Gasteiger partial charge in [-0.2, -0.15) is 0 Å². The number of nitrogens with one attached hydrogen (secondary N) is 1. The predicted octanol–water partition coefficient (Wildman–Crippen LogP) is 3.47. The predicted molar refractivity (Wildman–Crippen MR) is 78.8 cm³/mol. The summed E-state index contributed by atoms with van der Waals surface area (Å²) in [4.78, 5) is 14.7. The van der Waals surface area contributed by atoms with Crippen molar-refractivity contribution in [2.75, 3.05) is 5.32 Å². The van der Waals surface area contributed by atoms with Gasteiger partial charge < -0.3 is 5.32 Å². The van der Waals surface area contributed by atoms with Crippen LogP contribution in [0.4, 0.5) is 11.5 Å². The van der Waals surface area contributed by atoms with E-state index >= 15 is 0 Å². The highest BCUT2D eigenvalue weighted by molar-refractivity contribution is 5.56. The summed E-state index contributed by atoms with van der Waals surface area (Å²) in [6.45, 7) is 4.41. The molecule has 0 saturated carbocycles. The Morgan fingerprint density at radius 2 is 2.00 bits per heavy atom. The Balaban J connectivity index is 2.21. The van der Waals surface area contributed by atoms with Gasteiger partial charge in [-0.25, -0.2) is 4.98 Å². The van der Waals surface area contributed by atoms with Crippen LogP contribution in [0.15, 0.2) is 36.5 Å². The lowest BCUT2D eigenvalue weighted by Crippen LogP contribution is -2.06. The average molecular weight is 271 g/mol. The molecule has 20 heavy (non-hydrogen) atoms. The van der Waals surface area contributed by atoms with Gasteiger partial charge in [0.05, 0.1) is 4.92 Å². The lowest BCUT2D eigenvalue weighted by atomic mass is 10.1. The van der Waals surface area contributed by atoms with Crippen LogP contribution < -0.4 is 5.32 Å². The SMILES string of the molecule is CCc1ccccc1CNc1ncc(C)cc1[N+](=O)[O-]. The molecule has 1 aromatic carbocycles. The van der Waals surface area contributed by atoms with Crippen LogP contribution >= 0.6 is 0 Å². The highest BCUT2D eigenvalue weighted by Crippen LogP contribution is 2.23. The second kappa shape index (κ2) is 6.14. The molecule has 1 aromatic heterocycles. The summed E-state index contributed by atoms with van der Waals surface area (Å²) < 4.78 is 0. The van der Waals surface area contributed by atoms with E-state index in [9.17, 15) is 10.1 Å². The number of pyridine rings is 1. The zero-order valence-electron chi connectivity index (χ0n) is 11.6. The number of nitro groups is 1. The molecule has 2 aromatic rings. The Morgan fingerprint density at radius 1 is 1.30 bits per heavy atom. The van der Waals surface area contributed by atoms with Crippen LogP contribution in [0.5, 0.6) is 0 Å². The molecule has 1 N–H and O–H groups in total. The van der Waals surface area contributed by atoms with Crippen LogP contribution in [-0.2, 0) is 13.0 Å².